The molecule has 70 valence electrons. The number of aromatic nitrogens is 1. The Labute approximate surface area is 85.3 Å². The molecule has 0 aliphatic carbocycles. The number of nitrogens with zero attached hydrogens (tertiary/aromatic N) is 2. The Morgan fingerprint density at radius 1 is 1.54 bits per heavy atom. The van der Waals surface area contributed by atoms with Gasteiger partial charge in [0.2, 0.25) is 0 Å². The van der Waals surface area contributed by atoms with Gasteiger partial charge in [-0.2, -0.15) is 0 Å². The second kappa shape index (κ2) is 3.64. The summed E-state index contributed by atoms with van der Waals surface area (Å²) in [6, 6.07) is 0. The van der Waals surface area contributed by atoms with Crippen molar-refractivity contribution in [2.24, 2.45) is 0 Å². The van der Waals surface area contributed by atoms with E-state index in [0.717, 1.165) is 25.9 Å². The van der Waals surface area contributed by atoms with Crippen LogP contribution in [0, 0.1) is 0 Å². The van der Waals surface area contributed by atoms with E-state index < -0.39 is 0 Å². The van der Waals surface area contributed by atoms with Crippen molar-refractivity contribution >= 4 is 28.8 Å². The third kappa shape index (κ3) is 1.84. The summed E-state index contributed by atoms with van der Waals surface area (Å²) in [5, 5.41) is 1.71. The van der Waals surface area contributed by atoms with E-state index in [0.29, 0.717) is 10.2 Å². The van der Waals surface area contributed by atoms with E-state index in [1.807, 2.05) is 4.90 Å². The first-order valence-corrected chi connectivity index (χ1v) is 5.43. The number of thiazole rings is 1. The molecule has 1 amide bonds. The zero-order valence-corrected chi connectivity index (χ0v) is 8.57. The minimum atomic E-state index is 0.0145. The van der Waals surface area contributed by atoms with E-state index in [4.69, 9.17) is 11.6 Å². The number of rotatable bonds is 1. The maximum atomic E-state index is 11.7. The monoisotopic (exact) mass is 216 g/mol. The lowest BCUT2D eigenvalue weighted by atomic mass is 10.4. The van der Waals surface area contributed by atoms with Crippen LogP contribution in [-0.2, 0) is 0 Å². The molecule has 3 nitrogen and oxygen atoms in total. The standard InChI is InChI=1S/C8H9ClN2OS/c9-8-10-6(5-13-8)7(12)11-3-1-2-4-11/h5H,1-4H2. The predicted molar refractivity (Wildman–Crippen MR) is 52.3 cm³/mol. The van der Waals surface area contributed by atoms with Crippen LogP contribution in [0.25, 0.3) is 0 Å². The van der Waals surface area contributed by atoms with Crippen LogP contribution in [0.1, 0.15) is 23.3 Å². The van der Waals surface area contributed by atoms with Crippen molar-refractivity contribution in [1.82, 2.24) is 9.88 Å². The van der Waals surface area contributed by atoms with Crippen molar-refractivity contribution in [1.29, 1.82) is 0 Å². The summed E-state index contributed by atoms with van der Waals surface area (Å²) in [5.41, 5.74) is 0.483. The fourth-order valence-corrected chi connectivity index (χ4v) is 2.17. The van der Waals surface area contributed by atoms with Crippen LogP contribution < -0.4 is 0 Å². The van der Waals surface area contributed by atoms with Gasteiger partial charge < -0.3 is 4.90 Å². The van der Waals surface area contributed by atoms with Crippen molar-refractivity contribution in [2.45, 2.75) is 12.8 Å². The first-order valence-electron chi connectivity index (χ1n) is 4.17. The summed E-state index contributed by atoms with van der Waals surface area (Å²) < 4.78 is 0.433. The SMILES string of the molecule is O=C(c1csc(Cl)n1)N1CCCC1. The summed E-state index contributed by atoms with van der Waals surface area (Å²) in [4.78, 5) is 17.4. The third-order valence-corrected chi connectivity index (χ3v) is 3.07. The molecule has 1 aliphatic rings. The first-order chi connectivity index (χ1) is 6.27. The summed E-state index contributed by atoms with van der Waals surface area (Å²) >= 11 is 6.95. The number of halogens is 1. The molecule has 0 saturated carbocycles. The molecule has 0 bridgehead atoms. The minimum absolute atomic E-state index is 0.0145. The van der Waals surface area contributed by atoms with E-state index in [2.05, 4.69) is 4.98 Å². The molecule has 0 spiro atoms. The number of hydrogen-bond acceptors (Lipinski definition) is 3. The average Bonchev–Trinajstić information content (AvgIpc) is 2.72. The maximum absolute atomic E-state index is 11.7. The molecule has 0 aromatic carbocycles. The van der Waals surface area contributed by atoms with Gasteiger partial charge in [-0.25, -0.2) is 4.98 Å². The van der Waals surface area contributed by atoms with Gasteiger partial charge in [-0.3, -0.25) is 4.79 Å². The number of carbonyl (C=O) groups is 1. The zero-order chi connectivity index (χ0) is 9.26. The lowest BCUT2D eigenvalue weighted by Crippen LogP contribution is -2.27. The Kier molecular flexibility index (Phi) is 2.51. The van der Waals surface area contributed by atoms with Crippen LogP contribution in [0.3, 0.4) is 0 Å². The van der Waals surface area contributed by atoms with Crippen LogP contribution in [0.5, 0.6) is 0 Å². The topological polar surface area (TPSA) is 33.2 Å². The predicted octanol–water partition coefficient (Wildman–Crippen LogP) is 2.03. The van der Waals surface area contributed by atoms with Crippen molar-refractivity contribution in [3.8, 4) is 0 Å². The fraction of sp³-hybridized carbons (Fsp3) is 0.500. The van der Waals surface area contributed by atoms with Gasteiger partial charge in [-0.15, -0.1) is 11.3 Å². The van der Waals surface area contributed by atoms with Gasteiger partial charge in [0.05, 0.1) is 0 Å². The zero-order valence-electron chi connectivity index (χ0n) is 6.99. The lowest BCUT2D eigenvalue weighted by Gasteiger charge is -2.12. The Morgan fingerprint density at radius 3 is 2.77 bits per heavy atom. The molecule has 13 heavy (non-hydrogen) atoms. The summed E-state index contributed by atoms with van der Waals surface area (Å²) in [6.07, 6.45) is 2.20. The van der Waals surface area contributed by atoms with E-state index in [-0.39, 0.29) is 5.91 Å². The Morgan fingerprint density at radius 2 is 2.23 bits per heavy atom. The van der Waals surface area contributed by atoms with Gasteiger partial charge in [0.1, 0.15) is 5.69 Å². The van der Waals surface area contributed by atoms with E-state index in [1.54, 1.807) is 5.38 Å². The van der Waals surface area contributed by atoms with Crippen LogP contribution in [-0.4, -0.2) is 28.9 Å². The van der Waals surface area contributed by atoms with E-state index >= 15 is 0 Å². The molecule has 0 radical (unpaired) electrons. The van der Waals surface area contributed by atoms with Gasteiger partial charge in [0.15, 0.2) is 4.47 Å². The van der Waals surface area contributed by atoms with E-state index in [1.165, 1.54) is 11.3 Å². The van der Waals surface area contributed by atoms with Gasteiger partial charge >= 0.3 is 0 Å². The third-order valence-electron chi connectivity index (χ3n) is 2.09. The largest absolute Gasteiger partial charge is 0.337 e. The highest BCUT2D eigenvalue weighted by Crippen LogP contribution is 2.18. The van der Waals surface area contributed by atoms with E-state index in [9.17, 15) is 4.79 Å². The average molecular weight is 217 g/mol. The van der Waals surface area contributed by atoms with Gasteiger partial charge in [-0.05, 0) is 12.8 Å². The molecule has 0 unspecified atom stereocenters. The number of hydrogen-bond donors (Lipinski definition) is 0. The number of amides is 1. The Balaban J connectivity index is 2.12. The molecule has 5 heteroatoms. The Hall–Kier alpha value is -0.610. The second-order valence-corrected chi connectivity index (χ2v) is 4.43. The molecule has 1 saturated heterocycles. The summed E-state index contributed by atoms with van der Waals surface area (Å²) in [5.74, 6) is 0.0145. The molecule has 1 fully saturated rings. The van der Waals surface area contributed by atoms with Crippen LogP contribution in [0.15, 0.2) is 5.38 Å². The molecule has 0 N–H and O–H groups in total. The smallest absolute Gasteiger partial charge is 0.273 e. The molecule has 1 aromatic rings. The molecule has 2 rings (SSSR count). The lowest BCUT2D eigenvalue weighted by molar-refractivity contribution is 0.0788. The maximum Gasteiger partial charge on any atom is 0.273 e. The highest BCUT2D eigenvalue weighted by molar-refractivity contribution is 7.14. The summed E-state index contributed by atoms with van der Waals surface area (Å²) in [6.45, 7) is 1.71. The van der Waals surface area contributed by atoms with Crippen molar-refractivity contribution in [2.75, 3.05) is 13.1 Å². The molecule has 1 aliphatic heterocycles. The molecule has 1 aromatic heterocycles. The van der Waals surface area contributed by atoms with Crippen molar-refractivity contribution in [3.05, 3.63) is 15.5 Å². The van der Waals surface area contributed by atoms with Crippen LogP contribution in [0.2, 0.25) is 4.47 Å². The number of carbonyl (C=O) groups excluding carboxylic acids is 1. The Bertz CT molecular complexity index is 320. The number of likely N-dealkylation sites (tertiary alicyclic amines) is 1. The minimum Gasteiger partial charge on any atom is -0.337 e. The molecular weight excluding hydrogens is 208 g/mol. The van der Waals surface area contributed by atoms with Crippen LogP contribution >= 0.6 is 22.9 Å². The van der Waals surface area contributed by atoms with Crippen LogP contribution in [0.4, 0.5) is 0 Å². The van der Waals surface area contributed by atoms with Crippen molar-refractivity contribution in [3.63, 3.8) is 0 Å². The molecular formula is C8H9ClN2OS. The van der Waals surface area contributed by atoms with Gasteiger partial charge in [0.25, 0.3) is 5.91 Å². The molecule has 0 atom stereocenters. The fourth-order valence-electron chi connectivity index (χ4n) is 1.43. The first kappa shape index (κ1) is 8.97. The normalized spacial score (nSPS) is 16.5. The highest BCUT2D eigenvalue weighted by atomic mass is 35.5. The highest BCUT2D eigenvalue weighted by Gasteiger charge is 2.21. The van der Waals surface area contributed by atoms with Gasteiger partial charge in [-0.1, -0.05) is 11.6 Å². The van der Waals surface area contributed by atoms with Crippen molar-refractivity contribution < 1.29 is 4.79 Å². The quantitative estimate of drug-likeness (QED) is 0.720. The summed E-state index contributed by atoms with van der Waals surface area (Å²) in [7, 11) is 0. The second-order valence-electron chi connectivity index (χ2n) is 2.99. The van der Waals surface area contributed by atoms with Gasteiger partial charge in [0, 0.05) is 18.5 Å². The molecule has 2 heterocycles.